The van der Waals surface area contributed by atoms with Crippen molar-refractivity contribution in [1.29, 1.82) is 0 Å². The van der Waals surface area contributed by atoms with Crippen LogP contribution in [-0.2, 0) is 16.6 Å². The van der Waals surface area contributed by atoms with Gasteiger partial charge in [-0.1, -0.05) is 19.1 Å². The molecule has 5 N–H and O–H groups in total. The maximum Gasteiger partial charge on any atom is 0.240 e. The molecule has 0 bridgehead atoms. The molecule has 0 aliphatic carbocycles. The molecule has 1 rings (SSSR count). The summed E-state index contributed by atoms with van der Waals surface area (Å²) < 4.78 is 25.7. The van der Waals surface area contributed by atoms with Crippen LogP contribution in [0.2, 0.25) is 0 Å². The highest BCUT2D eigenvalue weighted by Crippen LogP contribution is 2.10. The molecule has 0 aromatic heterocycles. The van der Waals surface area contributed by atoms with Gasteiger partial charge in [-0.3, -0.25) is 0 Å². The van der Waals surface area contributed by atoms with Crippen LogP contribution in [-0.4, -0.2) is 20.9 Å². The molecule has 0 spiro atoms. The number of guanidine groups is 1. The third-order valence-electron chi connectivity index (χ3n) is 2.01. The molecule has 0 saturated carbocycles. The van der Waals surface area contributed by atoms with Crippen molar-refractivity contribution in [2.75, 3.05) is 6.54 Å². The molecule has 0 heterocycles. The van der Waals surface area contributed by atoms with Gasteiger partial charge in [0.25, 0.3) is 0 Å². The Labute approximate surface area is 101 Å². The van der Waals surface area contributed by atoms with Crippen LogP contribution in [0.3, 0.4) is 0 Å². The number of sulfonamides is 1. The first-order chi connectivity index (χ1) is 7.95. The minimum Gasteiger partial charge on any atom is -0.370 e. The quantitative estimate of drug-likeness (QED) is 0.498. The lowest BCUT2D eigenvalue weighted by atomic mass is 10.2. The van der Waals surface area contributed by atoms with Crippen molar-refractivity contribution < 1.29 is 8.42 Å². The van der Waals surface area contributed by atoms with Crippen LogP contribution in [0.5, 0.6) is 0 Å². The maximum absolute atomic E-state index is 11.6. The second-order valence-electron chi connectivity index (χ2n) is 3.39. The van der Waals surface area contributed by atoms with E-state index in [1.807, 2.05) is 0 Å². The first-order valence-corrected chi connectivity index (χ1v) is 6.58. The van der Waals surface area contributed by atoms with Crippen molar-refractivity contribution in [2.45, 2.75) is 18.4 Å². The summed E-state index contributed by atoms with van der Waals surface area (Å²) in [4.78, 5) is 4.06. The van der Waals surface area contributed by atoms with E-state index in [4.69, 9.17) is 11.5 Å². The van der Waals surface area contributed by atoms with Gasteiger partial charge in [-0.2, -0.15) is 0 Å². The highest BCUT2D eigenvalue weighted by molar-refractivity contribution is 7.89. The van der Waals surface area contributed by atoms with Crippen LogP contribution in [0.15, 0.2) is 34.2 Å². The van der Waals surface area contributed by atoms with E-state index in [9.17, 15) is 8.42 Å². The fraction of sp³-hybridized carbons (Fsp3) is 0.300. The molecule has 1 aromatic rings. The second kappa shape index (κ2) is 5.65. The lowest BCUT2D eigenvalue weighted by Crippen LogP contribution is -2.23. The molecular formula is C10H16N4O2S. The smallest absolute Gasteiger partial charge is 0.240 e. The van der Waals surface area contributed by atoms with Gasteiger partial charge in [-0.15, -0.1) is 0 Å². The van der Waals surface area contributed by atoms with Crippen molar-refractivity contribution in [2.24, 2.45) is 16.5 Å². The molecule has 6 nitrogen and oxygen atoms in total. The molecular weight excluding hydrogens is 240 g/mol. The zero-order valence-electron chi connectivity index (χ0n) is 9.55. The molecule has 7 heteroatoms. The van der Waals surface area contributed by atoms with Gasteiger partial charge in [0, 0.05) is 6.54 Å². The third-order valence-corrected chi connectivity index (χ3v) is 3.57. The van der Waals surface area contributed by atoms with E-state index in [0.29, 0.717) is 13.1 Å². The van der Waals surface area contributed by atoms with E-state index in [-0.39, 0.29) is 10.9 Å². The van der Waals surface area contributed by atoms with Crippen LogP contribution in [0, 0.1) is 0 Å². The summed E-state index contributed by atoms with van der Waals surface area (Å²) in [6.45, 7) is 2.42. The van der Waals surface area contributed by atoms with Gasteiger partial charge in [0.05, 0.1) is 11.4 Å². The van der Waals surface area contributed by atoms with E-state index >= 15 is 0 Å². The predicted molar refractivity (Wildman–Crippen MR) is 66.8 cm³/mol. The fourth-order valence-electron chi connectivity index (χ4n) is 1.23. The zero-order valence-corrected chi connectivity index (χ0v) is 10.4. The van der Waals surface area contributed by atoms with Crippen molar-refractivity contribution in [1.82, 2.24) is 4.72 Å². The number of nitrogens with zero attached hydrogens (tertiary/aromatic N) is 1. The topological polar surface area (TPSA) is 111 Å². The molecule has 0 unspecified atom stereocenters. The highest BCUT2D eigenvalue weighted by atomic mass is 32.2. The molecule has 0 fully saturated rings. The van der Waals surface area contributed by atoms with E-state index in [1.165, 1.54) is 12.1 Å². The first-order valence-electron chi connectivity index (χ1n) is 5.09. The summed E-state index contributed by atoms with van der Waals surface area (Å²) in [7, 11) is -3.39. The zero-order chi connectivity index (χ0) is 12.9. The Bertz CT molecular complexity index is 490. The Hall–Kier alpha value is -1.60. The minimum absolute atomic E-state index is 0.00866. The van der Waals surface area contributed by atoms with E-state index in [0.717, 1.165) is 5.56 Å². The van der Waals surface area contributed by atoms with Gasteiger partial charge in [-0.05, 0) is 17.7 Å². The number of hydrogen-bond acceptors (Lipinski definition) is 3. The number of nitrogens with two attached hydrogens (primary N) is 2. The minimum atomic E-state index is -3.39. The SMILES string of the molecule is CCNS(=O)(=O)c1ccc(CN=C(N)N)cc1. The Morgan fingerprint density at radius 3 is 2.35 bits per heavy atom. The number of rotatable bonds is 5. The fourth-order valence-corrected chi connectivity index (χ4v) is 2.27. The Balaban J connectivity index is 2.85. The number of hydrogen-bond donors (Lipinski definition) is 3. The van der Waals surface area contributed by atoms with Crippen LogP contribution >= 0.6 is 0 Å². The molecule has 17 heavy (non-hydrogen) atoms. The number of aliphatic imine (C=N–C) groups is 1. The van der Waals surface area contributed by atoms with Crippen molar-refractivity contribution in [3.05, 3.63) is 29.8 Å². The third kappa shape index (κ3) is 4.04. The summed E-state index contributed by atoms with van der Waals surface area (Å²) in [6.07, 6.45) is 0. The first kappa shape index (κ1) is 13.5. The standard InChI is InChI=1S/C10H16N4O2S/c1-2-14-17(15,16)9-5-3-8(4-6-9)7-13-10(11)12/h3-6,14H,2,7H2,1H3,(H4,11,12,13). The average molecular weight is 256 g/mol. The lowest BCUT2D eigenvalue weighted by Gasteiger charge is -2.05. The van der Waals surface area contributed by atoms with Crippen molar-refractivity contribution >= 4 is 16.0 Å². The summed E-state index contributed by atoms with van der Waals surface area (Å²) in [5, 5.41) is 0. The molecule has 1 aromatic carbocycles. The van der Waals surface area contributed by atoms with Crippen LogP contribution in [0.1, 0.15) is 12.5 Å². The Morgan fingerprint density at radius 2 is 1.88 bits per heavy atom. The van der Waals surface area contributed by atoms with Crippen LogP contribution in [0.25, 0.3) is 0 Å². The summed E-state index contributed by atoms with van der Waals surface area (Å²) in [6, 6.07) is 6.40. The van der Waals surface area contributed by atoms with Gasteiger partial charge in [0.2, 0.25) is 10.0 Å². The lowest BCUT2D eigenvalue weighted by molar-refractivity contribution is 0.584. The van der Waals surface area contributed by atoms with Crippen LogP contribution in [0.4, 0.5) is 0 Å². The summed E-state index contributed by atoms with van der Waals surface area (Å²) >= 11 is 0. The molecule has 0 atom stereocenters. The van der Waals surface area contributed by atoms with Crippen molar-refractivity contribution in [3.8, 4) is 0 Å². The summed E-state index contributed by atoms with van der Waals surface area (Å²) in [5.74, 6) is 0.00866. The van der Waals surface area contributed by atoms with Crippen LogP contribution < -0.4 is 16.2 Å². The molecule has 94 valence electrons. The second-order valence-corrected chi connectivity index (χ2v) is 5.15. The highest BCUT2D eigenvalue weighted by Gasteiger charge is 2.11. The molecule has 0 radical (unpaired) electrons. The van der Waals surface area contributed by atoms with Gasteiger partial charge < -0.3 is 11.5 Å². The largest absolute Gasteiger partial charge is 0.370 e. The maximum atomic E-state index is 11.6. The average Bonchev–Trinajstić information content (AvgIpc) is 2.27. The molecule has 0 aliphatic rings. The van der Waals surface area contributed by atoms with E-state index in [2.05, 4.69) is 9.71 Å². The molecule has 0 saturated heterocycles. The van der Waals surface area contributed by atoms with Gasteiger partial charge in [-0.25, -0.2) is 18.1 Å². The molecule has 0 amide bonds. The Kier molecular flexibility index (Phi) is 4.47. The Morgan fingerprint density at radius 1 is 1.29 bits per heavy atom. The van der Waals surface area contributed by atoms with E-state index < -0.39 is 10.0 Å². The van der Waals surface area contributed by atoms with Gasteiger partial charge >= 0.3 is 0 Å². The van der Waals surface area contributed by atoms with Crippen molar-refractivity contribution in [3.63, 3.8) is 0 Å². The summed E-state index contributed by atoms with van der Waals surface area (Å²) in [5.41, 5.74) is 11.2. The van der Waals surface area contributed by atoms with Gasteiger partial charge in [0.15, 0.2) is 5.96 Å². The van der Waals surface area contributed by atoms with Gasteiger partial charge in [0.1, 0.15) is 0 Å². The predicted octanol–water partition coefficient (Wildman–Crippen LogP) is -0.242. The normalized spacial score (nSPS) is 11.1. The van der Waals surface area contributed by atoms with E-state index in [1.54, 1.807) is 19.1 Å². The number of benzene rings is 1. The molecule has 0 aliphatic heterocycles. The monoisotopic (exact) mass is 256 g/mol. The number of nitrogens with one attached hydrogen (secondary N) is 1.